The third kappa shape index (κ3) is 69.8. The molecule has 2 saturated carbocycles. The van der Waals surface area contributed by atoms with Crippen LogP contribution < -0.4 is 0 Å². The van der Waals surface area contributed by atoms with E-state index >= 15 is 0 Å². The highest BCUT2D eigenvalue weighted by Gasteiger charge is 2.19. The Labute approximate surface area is 837 Å². The summed E-state index contributed by atoms with van der Waals surface area (Å²) in [7, 11) is 0. The second-order valence-corrected chi connectivity index (χ2v) is 39.6. The van der Waals surface area contributed by atoms with Gasteiger partial charge in [0, 0.05) is 201 Å². The van der Waals surface area contributed by atoms with E-state index in [0.717, 1.165) is 114 Å². The summed E-state index contributed by atoms with van der Waals surface area (Å²) in [5.41, 5.74) is 1.75. The Morgan fingerprint density at radius 2 is 0.704 bits per heavy atom. The van der Waals surface area contributed by atoms with Gasteiger partial charge < -0.3 is 77.2 Å². The average molecular weight is 2080 g/mol. The number of thiazole rings is 6. The minimum absolute atomic E-state index is 0.418. The summed E-state index contributed by atoms with van der Waals surface area (Å²) < 4.78 is 10.1. The quantitative estimate of drug-likeness (QED) is 0.0253. The molecule has 0 N–H and O–H groups in total. The molecule has 742 valence electrons. The predicted octanol–water partition coefficient (Wildman–Crippen LogP) is 23.3. The molecule has 0 atom stereocenters. The van der Waals surface area contributed by atoms with Crippen LogP contribution in [0.25, 0.3) is 0 Å². The van der Waals surface area contributed by atoms with Crippen LogP contribution >= 0.6 is 125 Å². The average Bonchev–Trinajstić information content (AvgIpc) is 1.76. The zero-order chi connectivity index (χ0) is 99.0. The van der Waals surface area contributed by atoms with Gasteiger partial charge in [0.25, 0.3) is 0 Å². The van der Waals surface area contributed by atoms with E-state index < -0.39 is 0 Å². The monoisotopic (exact) mass is 2070 g/mol. The van der Waals surface area contributed by atoms with E-state index in [1.165, 1.54) is 119 Å². The van der Waals surface area contributed by atoms with Crippen molar-refractivity contribution in [2.75, 3.05) is 52.9 Å². The van der Waals surface area contributed by atoms with Gasteiger partial charge in [-0.2, -0.15) is 0 Å². The van der Waals surface area contributed by atoms with E-state index in [-0.39, 0.29) is 0 Å². The van der Waals surface area contributed by atoms with Crippen LogP contribution in [0.15, 0.2) is 168 Å². The van der Waals surface area contributed by atoms with Gasteiger partial charge in [-0.15, -0.1) is 186 Å². The molecule has 0 bridgehead atoms. The van der Waals surface area contributed by atoms with Crippen molar-refractivity contribution in [2.45, 2.75) is 185 Å². The number of hydrogen-bond donors (Lipinski definition) is 0. The predicted molar refractivity (Wildman–Crippen MR) is 560 cm³/mol. The number of thiophene rings is 4. The Balaban J connectivity index is 0.000000727. The molecular weight excluding hydrogens is 1950 g/mol. The lowest BCUT2D eigenvalue weighted by atomic mass is 9.90. The molecule has 2 aliphatic carbocycles. The molecule has 0 spiro atoms. The molecule has 4 aliphatic rings. The first kappa shape index (κ1) is 122. The number of aryl methyl sites for hydroxylation is 7. The lowest BCUT2D eigenvalue weighted by Crippen LogP contribution is -2.30. The number of ether oxygens (including phenoxy) is 2. The maximum Gasteiger partial charge on any atom is 0.168 e. The molecule has 47 heteroatoms. The summed E-state index contributed by atoms with van der Waals surface area (Å²) >= 11 is 22.0. The van der Waals surface area contributed by atoms with E-state index in [1.807, 2.05) is 88.1 Å². The first-order chi connectivity index (χ1) is 65.7. The van der Waals surface area contributed by atoms with Gasteiger partial charge in [-0.3, -0.25) is 4.98 Å². The lowest BCUT2D eigenvalue weighted by molar-refractivity contribution is -0.0706. The third-order valence-electron chi connectivity index (χ3n) is 16.5. The molecule has 10 aromatic rings. The van der Waals surface area contributed by atoms with Crippen LogP contribution in [0.3, 0.4) is 0 Å². The molecule has 36 nitrogen and oxygen atoms in total. The summed E-state index contributed by atoms with van der Waals surface area (Å²) in [4.78, 5) is 104. The van der Waals surface area contributed by atoms with Gasteiger partial charge in [0.05, 0.1) is 53.3 Å². The Morgan fingerprint density at radius 3 is 1.03 bits per heavy atom. The normalized spacial score (nSPS) is 12.2. The van der Waals surface area contributed by atoms with Crippen molar-refractivity contribution < 1.29 is 77.2 Å². The van der Waals surface area contributed by atoms with Crippen LogP contribution in [0.4, 0.5) is 0 Å². The fourth-order valence-corrected chi connectivity index (χ4v) is 17.4. The fraction of sp³-hybridized carbons (Fsp3) is 0.455. The Bertz CT molecular complexity index is 4110. The maximum atomic E-state index is 5.85. The minimum Gasteiger partial charge on any atom is -0.396 e. The summed E-state index contributed by atoms with van der Waals surface area (Å²) in [6.45, 7) is 70.0. The molecular formula is C88H127ClN20O16S10. The molecule has 4 fully saturated rings. The number of oxime groups is 14. The zero-order valence-electron chi connectivity index (χ0n) is 77.9. The third-order valence-corrected chi connectivity index (χ3v) is 25.8. The number of halogens is 1. The van der Waals surface area contributed by atoms with E-state index in [2.05, 4.69) is 237 Å². The molecule has 0 amide bonds. The van der Waals surface area contributed by atoms with Gasteiger partial charge in [-0.25, -0.2) is 24.9 Å². The molecule has 135 heavy (non-hydrogen) atoms. The molecule has 0 radical (unpaired) electrons. The molecule has 10 aromatic heterocycles. The molecule has 2 saturated heterocycles. The standard InChI is InChI=1S/C8H15NO.C7H8ClNOS.C7H13NO2.2C7H9NOS.C7H13NO.4C6H8N2OS.C6H7NOS.2C5H6N2OS.C5H9NO2/c1-9-10-7-8-5-3-2-4-6-8;1-5-3-6(8)7(11-5)4-10-9-2;1-8-10-6-7-2-4-9-5-3-7;2*1-6-3-4-7(10-6)5-9-8-2;1-8-9-6-7-4-2-3-5-7;2*1-5-8-3-6(10-5)4-9-7-2;2*1-5-3-8-6(10-5)4-9-7-2;1-7-8-5-6-3-2-4-9-6;1-6-8-3-5-2-7-4-9-5;1-6-8-4-5-7-2-3-9-5;1-6-8-4-5-2-7-3-5/h8H,1-7H2;3H,2,4H2,1H3;7H,1-6H2;2*3-4H,2,5H2,1H3;7H,1-6H2;4*3H,2,4H2,1H3;2-4H,1,5H2;2,4H,1,3H2;2-3H,1,4H2;5H,1-4H2. The summed E-state index contributed by atoms with van der Waals surface area (Å²) in [5.74, 6) is 2.69. The molecule has 12 heterocycles. The SMILES string of the molecule is C=NOCC1CCCC1.C=NOCC1CCCCC1.C=NOCC1CCOCC1.C=NOCC1COC1.C=NOCc1ccc(C)s1.C=NOCc1ccc(C)s1.C=NOCc1cccs1.C=NOCc1cnc(C)s1.C=NOCc1cnc(C)s1.C=NOCc1cncs1.C=NOCc1ncc(C)s1.C=NOCc1ncc(C)s1.C=NOCc1nccs1.C=NOCc1sc(C)cc1Cl. The van der Waals surface area contributed by atoms with Crippen molar-refractivity contribution in [1.29, 1.82) is 0 Å². The zero-order valence-corrected chi connectivity index (χ0v) is 86.8. The first-order valence-electron chi connectivity index (χ1n) is 41.3. The van der Waals surface area contributed by atoms with Crippen LogP contribution in [0.1, 0.15) is 154 Å². The van der Waals surface area contributed by atoms with Gasteiger partial charge in [-0.1, -0.05) is 49.8 Å². The summed E-state index contributed by atoms with van der Waals surface area (Å²) in [6.07, 6.45) is 25.0. The molecule has 0 aromatic carbocycles. The van der Waals surface area contributed by atoms with Gasteiger partial charge in [0.15, 0.2) is 66.1 Å². The van der Waals surface area contributed by atoms with Crippen molar-refractivity contribution in [3.63, 3.8) is 0 Å². The van der Waals surface area contributed by atoms with Gasteiger partial charge >= 0.3 is 0 Å². The number of hydrogen-bond acceptors (Lipinski definition) is 46. The topological polar surface area (TPSA) is 398 Å². The van der Waals surface area contributed by atoms with Crippen LogP contribution in [-0.4, -0.2) is 177 Å². The van der Waals surface area contributed by atoms with Crippen molar-refractivity contribution >= 4 is 219 Å². The van der Waals surface area contributed by atoms with Gasteiger partial charge in [0.1, 0.15) is 41.5 Å². The van der Waals surface area contributed by atoms with Crippen molar-refractivity contribution in [2.24, 2.45) is 95.9 Å². The summed E-state index contributed by atoms with van der Waals surface area (Å²) in [5, 5.41) is 55.5. The van der Waals surface area contributed by atoms with Gasteiger partial charge in [0.2, 0.25) is 0 Å². The van der Waals surface area contributed by atoms with E-state index in [4.69, 9.17) is 74.3 Å². The second kappa shape index (κ2) is 86.2. The lowest BCUT2D eigenvalue weighted by Gasteiger charge is -2.23. The molecule has 0 unspecified atom stereocenters. The first-order valence-corrected chi connectivity index (χ1v) is 50.0. The van der Waals surface area contributed by atoms with Crippen molar-refractivity contribution in [3.05, 3.63) is 185 Å². The van der Waals surface area contributed by atoms with E-state index in [9.17, 15) is 0 Å². The van der Waals surface area contributed by atoms with Crippen molar-refractivity contribution in [1.82, 2.24) is 29.9 Å². The molecule has 2 aliphatic heterocycles. The van der Waals surface area contributed by atoms with E-state index in [0.29, 0.717) is 91.1 Å². The van der Waals surface area contributed by atoms with Crippen molar-refractivity contribution in [3.8, 4) is 0 Å². The van der Waals surface area contributed by atoms with Crippen LogP contribution in [0, 0.1) is 72.1 Å². The fourth-order valence-electron chi connectivity index (χ4n) is 10.2. The minimum atomic E-state index is 0.418. The Kier molecular flexibility index (Phi) is 78.2. The number of rotatable bonds is 42. The smallest absolute Gasteiger partial charge is 0.168 e. The second-order valence-electron chi connectivity index (χ2n) is 26.9. The Morgan fingerprint density at radius 1 is 0.319 bits per heavy atom. The van der Waals surface area contributed by atoms with Crippen LogP contribution in [0.5, 0.6) is 0 Å². The van der Waals surface area contributed by atoms with Crippen LogP contribution in [0.2, 0.25) is 5.02 Å². The van der Waals surface area contributed by atoms with E-state index in [1.54, 1.807) is 121 Å². The molecule has 14 rings (SSSR count). The highest BCUT2D eigenvalue weighted by molar-refractivity contribution is 7.14. The summed E-state index contributed by atoms with van der Waals surface area (Å²) in [6, 6.07) is 14.1. The Hall–Kier alpha value is -10.6. The largest absolute Gasteiger partial charge is 0.396 e. The highest BCUT2D eigenvalue weighted by atomic mass is 35.5. The maximum absolute atomic E-state index is 5.85. The highest BCUT2D eigenvalue weighted by Crippen LogP contribution is 2.29. The van der Waals surface area contributed by atoms with Crippen LogP contribution in [-0.2, 0) is 143 Å². The number of nitrogens with zero attached hydrogens (tertiary/aromatic N) is 20. The number of aromatic nitrogens is 6. The van der Waals surface area contributed by atoms with Gasteiger partial charge in [-0.05, 0) is 141 Å².